The van der Waals surface area contributed by atoms with Crippen molar-refractivity contribution in [2.75, 3.05) is 18.8 Å². The first kappa shape index (κ1) is 21.5. The van der Waals surface area contributed by atoms with Crippen LogP contribution in [0.5, 0.6) is 0 Å². The molecule has 0 aliphatic carbocycles. The van der Waals surface area contributed by atoms with Gasteiger partial charge in [-0.15, -0.1) is 0 Å². The molecule has 1 amide bonds. The number of nitrogens with two attached hydrogens (primary N) is 1. The number of nitrogens with zero attached hydrogens (tertiary/aromatic N) is 4. The van der Waals surface area contributed by atoms with Gasteiger partial charge in [-0.25, -0.2) is 14.2 Å². The lowest BCUT2D eigenvalue weighted by Gasteiger charge is -2.51. The smallest absolute Gasteiger partial charge is 0.405 e. The summed E-state index contributed by atoms with van der Waals surface area (Å²) in [6.07, 6.45) is 0.508. The zero-order valence-electron chi connectivity index (χ0n) is 17.3. The fraction of sp³-hybridized carbons (Fsp3) is 0.429. The quantitative estimate of drug-likeness (QED) is 0.663. The van der Waals surface area contributed by atoms with Crippen LogP contribution in [-0.4, -0.2) is 45.8 Å². The number of nitrogen functional groups attached to an aromatic ring is 1. The summed E-state index contributed by atoms with van der Waals surface area (Å²) in [7, 11) is 0. The van der Waals surface area contributed by atoms with Crippen molar-refractivity contribution in [3.05, 3.63) is 35.6 Å². The standard InChI is InChI=1S/C21H25FN6O2/c1-21(2,3)28(8-4-5-15(12-28)25-20(29)30)18-10-17(26-19(24)27-18)13-6-7-14(11-23)16(22)9-13/h6-7,9-10,15,25H,4-5,8,12H2,1-3H3,(H2-,24,26,27,29,30)/p+1. The van der Waals surface area contributed by atoms with E-state index < -0.39 is 11.9 Å². The van der Waals surface area contributed by atoms with Crippen LogP contribution in [0, 0.1) is 17.1 Å². The minimum Gasteiger partial charge on any atom is -0.465 e. The van der Waals surface area contributed by atoms with Crippen molar-refractivity contribution in [3.8, 4) is 17.3 Å². The fourth-order valence-corrected chi connectivity index (χ4v) is 4.20. The van der Waals surface area contributed by atoms with Crippen LogP contribution >= 0.6 is 0 Å². The molecule has 4 N–H and O–H groups in total. The van der Waals surface area contributed by atoms with E-state index in [9.17, 15) is 14.3 Å². The number of carbonyl (C=O) groups is 1. The average Bonchev–Trinajstić information content (AvgIpc) is 2.66. The van der Waals surface area contributed by atoms with Crippen molar-refractivity contribution in [3.63, 3.8) is 0 Å². The first-order chi connectivity index (χ1) is 14.1. The van der Waals surface area contributed by atoms with Gasteiger partial charge in [-0.05, 0) is 45.7 Å². The Morgan fingerprint density at radius 3 is 2.70 bits per heavy atom. The molecule has 1 saturated heterocycles. The number of quaternary nitrogens is 1. The number of rotatable bonds is 3. The SMILES string of the molecule is CC(C)(C)[N+]1(c2cc(-c3ccc(C#N)c(F)c3)nc(N)n2)CCCC(NC(=O)O)C1. The predicted octanol–water partition coefficient (Wildman–Crippen LogP) is 3.27. The number of halogens is 1. The zero-order valence-corrected chi connectivity index (χ0v) is 17.3. The molecule has 0 saturated carbocycles. The maximum Gasteiger partial charge on any atom is 0.405 e. The van der Waals surface area contributed by atoms with Crippen molar-refractivity contribution in [1.82, 2.24) is 19.8 Å². The molecule has 9 heteroatoms. The molecule has 8 nitrogen and oxygen atoms in total. The van der Waals surface area contributed by atoms with Crippen molar-refractivity contribution < 1.29 is 14.3 Å². The third-order valence-corrected chi connectivity index (χ3v) is 5.79. The van der Waals surface area contributed by atoms with E-state index in [1.807, 2.05) is 0 Å². The van der Waals surface area contributed by atoms with Gasteiger partial charge in [0.2, 0.25) is 11.8 Å². The topological polar surface area (TPSA) is 125 Å². The molecule has 1 aromatic heterocycles. The van der Waals surface area contributed by atoms with Gasteiger partial charge in [-0.3, -0.25) is 4.48 Å². The maximum absolute atomic E-state index is 14.2. The Morgan fingerprint density at radius 1 is 1.37 bits per heavy atom. The summed E-state index contributed by atoms with van der Waals surface area (Å²) in [4.78, 5) is 20.0. The summed E-state index contributed by atoms with van der Waals surface area (Å²) >= 11 is 0. The fourth-order valence-electron chi connectivity index (χ4n) is 4.20. The van der Waals surface area contributed by atoms with Gasteiger partial charge in [0.05, 0.1) is 29.4 Å². The number of piperidine rings is 1. The molecule has 2 atom stereocenters. The minimum absolute atomic E-state index is 0.0437. The average molecular weight is 413 g/mol. The molecule has 1 aliphatic heterocycles. The second-order valence-electron chi connectivity index (χ2n) is 8.61. The van der Waals surface area contributed by atoms with Crippen LogP contribution in [0.15, 0.2) is 24.3 Å². The molecule has 158 valence electrons. The monoisotopic (exact) mass is 413 g/mol. The lowest BCUT2D eigenvalue weighted by atomic mass is 9.92. The van der Waals surface area contributed by atoms with Crippen molar-refractivity contribution in [2.45, 2.75) is 45.2 Å². The summed E-state index contributed by atoms with van der Waals surface area (Å²) in [6, 6.07) is 7.66. The van der Waals surface area contributed by atoms with E-state index in [1.54, 1.807) is 18.2 Å². The molecule has 1 aliphatic rings. The molecular weight excluding hydrogens is 387 g/mol. The Balaban J connectivity index is 2.11. The highest BCUT2D eigenvalue weighted by Crippen LogP contribution is 2.38. The number of hydrogen-bond acceptors (Lipinski definition) is 5. The molecular formula is C21H26FN6O2+. The van der Waals surface area contributed by atoms with E-state index in [1.165, 1.54) is 12.1 Å². The van der Waals surface area contributed by atoms with Crippen LogP contribution in [0.1, 0.15) is 39.2 Å². The molecule has 0 radical (unpaired) electrons. The second-order valence-corrected chi connectivity index (χ2v) is 8.61. The largest absolute Gasteiger partial charge is 0.465 e. The maximum atomic E-state index is 14.2. The Bertz CT molecular complexity index is 1010. The Kier molecular flexibility index (Phi) is 5.63. The van der Waals surface area contributed by atoms with E-state index in [2.05, 4.69) is 36.1 Å². The predicted molar refractivity (Wildman–Crippen MR) is 112 cm³/mol. The van der Waals surface area contributed by atoms with E-state index in [4.69, 9.17) is 11.0 Å². The molecule has 30 heavy (non-hydrogen) atoms. The number of nitriles is 1. The van der Waals surface area contributed by atoms with Crippen LogP contribution in [-0.2, 0) is 0 Å². The number of nitrogens with one attached hydrogen (secondary N) is 1. The van der Waals surface area contributed by atoms with Crippen LogP contribution in [0.3, 0.4) is 0 Å². The highest BCUT2D eigenvalue weighted by atomic mass is 19.1. The summed E-state index contributed by atoms with van der Waals surface area (Å²) in [5, 5.41) is 20.8. The number of amides is 1. The van der Waals surface area contributed by atoms with Crippen molar-refractivity contribution in [2.24, 2.45) is 0 Å². The summed E-state index contributed by atoms with van der Waals surface area (Å²) in [5.74, 6) is 0.0890. The minimum atomic E-state index is -1.05. The molecule has 1 fully saturated rings. The van der Waals surface area contributed by atoms with Gasteiger partial charge < -0.3 is 16.2 Å². The molecule has 2 heterocycles. The number of carboxylic acid groups (broad SMARTS) is 1. The van der Waals surface area contributed by atoms with Gasteiger partial charge in [0.1, 0.15) is 18.4 Å². The number of benzene rings is 1. The van der Waals surface area contributed by atoms with E-state index >= 15 is 0 Å². The van der Waals surface area contributed by atoms with Crippen LogP contribution < -0.4 is 15.5 Å². The molecule has 2 aromatic rings. The van der Waals surface area contributed by atoms with Crippen molar-refractivity contribution >= 4 is 17.9 Å². The first-order valence-electron chi connectivity index (χ1n) is 9.77. The third-order valence-electron chi connectivity index (χ3n) is 5.79. The third kappa shape index (κ3) is 4.04. The van der Waals surface area contributed by atoms with E-state index in [-0.39, 0.29) is 23.1 Å². The number of aromatic nitrogens is 2. The second kappa shape index (κ2) is 7.88. The number of hydrogen-bond donors (Lipinski definition) is 3. The lowest BCUT2D eigenvalue weighted by molar-refractivity contribution is 0.0898. The molecule has 2 unspecified atom stereocenters. The number of anilines is 1. The van der Waals surface area contributed by atoms with Gasteiger partial charge in [-0.2, -0.15) is 10.2 Å². The van der Waals surface area contributed by atoms with Crippen LogP contribution in [0.2, 0.25) is 0 Å². The van der Waals surface area contributed by atoms with Crippen LogP contribution in [0.4, 0.5) is 21.0 Å². The van der Waals surface area contributed by atoms with Crippen LogP contribution in [0.25, 0.3) is 11.3 Å². The summed E-state index contributed by atoms with van der Waals surface area (Å²) < 4.78 is 14.6. The van der Waals surface area contributed by atoms with Gasteiger partial charge in [-0.1, -0.05) is 6.07 Å². The Morgan fingerprint density at radius 2 is 2.10 bits per heavy atom. The van der Waals surface area contributed by atoms with Gasteiger partial charge in [0.25, 0.3) is 0 Å². The number of likely N-dealkylation sites (tertiary alicyclic amines) is 1. The molecule has 0 spiro atoms. The molecule has 3 rings (SSSR count). The van der Waals surface area contributed by atoms with Crippen molar-refractivity contribution in [1.29, 1.82) is 5.26 Å². The zero-order chi connectivity index (χ0) is 22.1. The highest BCUT2D eigenvalue weighted by molar-refractivity contribution is 5.66. The summed E-state index contributed by atoms with van der Waals surface area (Å²) in [5.41, 5.74) is 6.63. The van der Waals surface area contributed by atoms with E-state index in [0.29, 0.717) is 28.1 Å². The highest BCUT2D eigenvalue weighted by Gasteiger charge is 2.48. The van der Waals surface area contributed by atoms with Gasteiger partial charge in [0.15, 0.2) is 0 Å². The Labute approximate surface area is 174 Å². The Hall–Kier alpha value is -3.25. The van der Waals surface area contributed by atoms with E-state index in [0.717, 1.165) is 19.4 Å². The normalized spacial score (nSPS) is 21.6. The lowest BCUT2D eigenvalue weighted by Crippen LogP contribution is -2.69. The van der Waals surface area contributed by atoms with Gasteiger partial charge in [0, 0.05) is 11.6 Å². The molecule has 1 aromatic carbocycles. The first-order valence-corrected chi connectivity index (χ1v) is 9.77. The van der Waals surface area contributed by atoms with Gasteiger partial charge >= 0.3 is 6.09 Å². The summed E-state index contributed by atoms with van der Waals surface area (Å²) in [6.45, 7) is 7.52. The molecule has 0 bridgehead atoms.